The number of carbonyl (C=O) groups is 11. The number of nitrogens with two attached hydrogens (primary N) is 3. The molecule has 1 unspecified atom stereocenters. The van der Waals surface area contributed by atoms with E-state index in [0.29, 0.717) is 24.2 Å². The first-order valence-electron chi connectivity index (χ1n) is 23.4. The SMILES string of the molecule is [2H]C(C)(C)CC(NC(=O)[C@@H]1CCCN1C(=O)[C@@H]1CSCCCC(=O)N[C@@H](Cc2ccc(OC)cc2)C(=O)N[C@@H]([C@@H](C)CC)C(=O)N[C@@H](CCC(N)=O)C(=O)N[C@@H](CC(N)=O)C(=O)N1)C(=O)NCC(N)=O. The van der Waals surface area contributed by atoms with Crippen LogP contribution in [0.2, 0.25) is 0 Å². The number of rotatable bonds is 18. The number of ether oxygens (including phenoxy) is 1. The maximum atomic E-state index is 14.5. The molecule has 23 nitrogen and oxygen atoms in total. The van der Waals surface area contributed by atoms with Crippen LogP contribution in [-0.2, 0) is 59.2 Å². The predicted molar refractivity (Wildman–Crippen MR) is 253 cm³/mol. The van der Waals surface area contributed by atoms with E-state index in [4.69, 9.17) is 23.3 Å². The fourth-order valence-electron chi connectivity index (χ4n) is 7.60. The lowest BCUT2D eigenvalue weighted by atomic mass is 9.96. The van der Waals surface area contributed by atoms with Crippen LogP contribution >= 0.6 is 11.8 Å². The highest BCUT2D eigenvalue weighted by Gasteiger charge is 2.40. The molecule has 2 fully saturated rings. The Bertz CT molecular complexity index is 2070. The molecular formula is C45H69N11O12S. The van der Waals surface area contributed by atoms with Crippen LogP contribution in [0.4, 0.5) is 0 Å². The van der Waals surface area contributed by atoms with Gasteiger partial charge in [0.25, 0.3) is 0 Å². The van der Waals surface area contributed by atoms with Crippen LogP contribution in [0.25, 0.3) is 0 Å². The molecule has 0 saturated carbocycles. The number of hydrogen-bond acceptors (Lipinski definition) is 13. The van der Waals surface area contributed by atoms with E-state index < -0.39 is 138 Å². The van der Waals surface area contributed by atoms with E-state index in [1.807, 2.05) is 0 Å². The van der Waals surface area contributed by atoms with Gasteiger partial charge in [-0.15, -0.1) is 0 Å². The van der Waals surface area contributed by atoms with Crippen LogP contribution in [0.1, 0.15) is 92.4 Å². The van der Waals surface area contributed by atoms with E-state index in [9.17, 15) is 52.7 Å². The van der Waals surface area contributed by atoms with E-state index in [-0.39, 0.29) is 56.6 Å². The highest BCUT2D eigenvalue weighted by Crippen LogP contribution is 2.22. The third-order valence-electron chi connectivity index (χ3n) is 11.5. The van der Waals surface area contributed by atoms with Gasteiger partial charge in [-0.25, -0.2) is 0 Å². The van der Waals surface area contributed by atoms with Crippen molar-refractivity contribution in [3.05, 3.63) is 29.8 Å². The van der Waals surface area contributed by atoms with Gasteiger partial charge in [-0.2, -0.15) is 11.8 Å². The summed E-state index contributed by atoms with van der Waals surface area (Å²) in [7, 11) is 1.50. The minimum Gasteiger partial charge on any atom is -0.497 e. The first kappa shape index (κ1) is 55.1. The summed E-state index contributed by atoms with van der Waals surface area (Å²) in [6.07, 6.45) is -0.728. The van der Waals surface area contributed by atoms with Crippen molar-refractivity contribution in [1.82, 2.24) is 42.1 Å². The standard InChI is InChI=1S/C45H69N11O12S/c1-6-25(4)38-44(66)51-28(15-16-34(46)57)40(62)52-31(21-35(47)58)41(63)54-32(23-69-18-8-10-37(60)50-30(42(64)55-38)20-26-11-13-27(68-5)14-12-26)45(67)56-17-7-9-33(56)43(65)53-29(19-24(2)3)39(61)49-22-36(48)59/h11-14,24-25,28-33,38H,6-10,15-23H2,1-5H3,(H2,46,57)(H2,47,58)(H2,48,59)(H,49,61)(H,50,60)(H,51,66)(H,52,62)(H,53,65)(H,54,63)(H,55,64)/t25-,28-,29?,30-,31-,32-,33-,38-/m0/s1/i24D. The van der Waals surface area contributed by atoms with E-state index >= 15 is 0 Å². The first-order valence-corrected chi connectivity index (χ1v) is 24.0. The number of hydrogen-bond donors (Lipinski definition) is 10. The van der Waals surface area contributed by atoms with Crippen molar-refractivity contribution >= 4 is 76.7 Å². The molecule has 0 bridgehead atoms. The van der Waals surface area contributed by atoms with Gasteiger partial charge < -0.3 is 64.1 Å². The first-order chi connectivity index (χ1) is 32.9. The third-order valence-corrected chi connectivity index (χ3v) is 12.7. The number of carbonyl (C=O) groups excluding carboxylic acids is 11. The summed E-state index contributed by atoms with van der Waals surface area (Å²) < 4.78 is 13.6. The average Bonchev–Trinajstić information content (AvgIpc) is 3.79. The minimum atomic E-state index is -1.73. The second-order valence-corrected chi connectivity index (χ2v) is 18.6. The molecule has 1 aromatic carbocycles. The molecule has 8 atom stereocenters. The Hall–Kier alpha value is -6.46. The van der Waals surface area contributed by atoms with Crippen molar-refractivity contribution in [3.8, 4) is 5.75 Å². The summed E-state index contributed by atoms with van der Waals surface area (Å²) >= 11 is 1.16. The minimum absolute atomic E-state index is 0.0143. The molecule has 2 saturated heterocycles. The van der Waals surface area contributed by atoms with Gasteiger partial charge >= 0.3 is 0 Å². The Morgan fingerprint density at radius 1 is 0.841 bits per heavy atom. The molecule has 0 spiro atoms. The zero-order valence-corrected chi connectivity index (χ0v) is 40.6. The Labute approximate surface area is 407 Å². The van der Waals surface area contributed by atoms with Gasteiger partial charge in [0, 0.05) is 32.9 Å². The van der Waals surface area contributed by atoms with Gasteiger partial charge in [0.2, 0.25) is 65.0 Å². The van der Waals surface area contributed by atoms with Gasteiger partial charge in [0.15, 0.2) is 0 Å². The number of benzene rings is 1. The number of amides is 11. The van der Waals surface area contributed by atoms with Crippen molar-refractivity contribution in [2.45, 2.75) is 134 Å². The Morgan fingerprint density at radius 3 is 2.10 bits per heavy atom. The molecule has 0 aromatic heterocycles. The van der Waals surface area contributed by atoms with E-state index in [2.05, 4.69) is 37.2 Å². The van der Waals surface area contributed by atoms with Gasteiger partial charge in [0.05, 0.1) is 20.1 Å². The fraction of sp³-hybridized carbons (Fsp3) is 0.622. The van der Waals surface area contributed by atoms with Crippen LogP contribution in [0.5, 0.6) is 5.75 Å². The number of methoxy groups -OCH3 is 1. The molecule has 2 aliphatic rings. The largest absolute Gasteiger partial charge is 0.497 e. The maximum absolute atomic E-state index is 14.5. The lowest BCUT2D eigenvalue weighted by Gasteiger charge is -2.31. The quantitative estimate of drug-likeness (QED) is 0.0728. The van der Waals surface area contributed by atoms with Gasteiger partial charge in [0.1, 0.15) is 48.0 Å². The van der Waals surface area contributed by atoms with Crippen LogP contribution in [0, 0.1) is 11.8 Å². The van der Waals surface area contributed by atoms with Crippen LogP contribution in [0.15, 0.2) is 24.3 Å². The van der Waals surface area contributed by atoms with Crippen molar-refractivity contribution in [2.75, 3.05) is 31.7 Å². The molecule has 24 heteroatoms. The topological polar surface area (TPSA) is 363 Å². The summed E-state index contributed by atoms with van der Waals surface area (Å²) in [5, 5.41) is 18.0. The number of thioether (sulfide) groups is 1. The van der Waals surface area contributed by atoms with E-state index in [1.54, 1.807) is 38.1 Å². The molecule has 11 amide bonds. The van der Waals surface area contributed by atoms with Crippen LogP contribution in [0.3, 0.4) is 0 Å². The number of nitrogens with one attached hydrogen (secondary N) is 7. The van der Waals surface area contributed by atoms with Crippen LogP contribution < -0.4 is 59.2 Å². The summed E-state index contributed by atoms with van der Waals surface area (Å²) in [5.41, 5.74) is 16.8. The van der Waals surface area contributed by atoms with Gasteiger partial charge in [-0.1, -0.05) is 46.2 Å². The van der Waals surface area contributed by atoms with Gasteiger partial charge in [-0.05, 0) is 67.4 Å². The number of nitrogens with zero attached hydrogens (tertiary/aromatic N) is 1. The average molecular weight is 989 g/mol. The Balaban J connectivity index is 2.03. The van der Waals surface area contributed by atoms with E-state index in [1.165, 1.54) is 25.9 Å². The molecule has 13 N–H and O–H groups in total. The molecule has 382 valence electrons. The summed E-state index contributed by atoms with van der Waals surface area (Å²) in [5.74, 6) is -10.2. The second kappa shape index (κ2) is 28.1. The molecule has 3 rings (SSSR count). The maximum Gasteiger partial charge on any atom is 0.246 e. The van der Waals surface area contributed by atoms with Crippen molar-refractivity contribution in [3.63, 3.8) is 0 Å². The number of likely N-dealkylation sites (tertiary alicyclic amines) is 1. The number of primary amides is 3. The van der Waals surface area contributed by atoms with Crippen LogP contribution in [-0.4, -0.2) is 144 Å². The lowest BCUT2D eigenvalue weighted by Crippen LogP contribution is -2.61. The smallest absolute Gasteiger partial charge is 0.246 e. The molecule has 0 radical (unpaired) electrons. The normalized spacial score (nSPS) is 23.5. The molecule has 0 aliphatic carbocycles. The van der Waals surface area contributed by atoms with Crippen molar-refractivity contribution < 1.29 is 58.8 Å². The Kier molecular flexibility index (Phi) is 22.5. The van der Waals surface area contributed by atoms with E-state index in [0.717, 1.165) is 11.8 Å². The molecule has 69 heavy (non-hydrogen) atoms. The summed E-state index contributed by atoms with van der Waals surface area (Å²) in [6.45, 7) is 6.00. The lowest BCUT2D eigenvalue weighted by molar-refractivity contribution is -0.142. The van der Waals surface area contributed by atoms with Crippen molar-refractivity contribution in [1.29, 1.82) is 0 Å². The second-order valence-electron chi connectivity index (χ2n) is 17.4. The molecule has 2 heterocycles. The summed E-state index contributed by atoms with van der Waals surface area (Å²) in [4.78, 5) is 148. The molecule has 1 aromatic rings. The Morgan fingerprint density at radius 2 is 1.49 bits per heavy atom. The molecular weight excluding hydrogens is 919 g/mol. The zero-order chi connectivity index (χ0) is 52.3. The molecule has 2 aliphatic heterocycles. The highest BCUT2D eigenvalue weighted by atomic mass is 32.2. The fourth-order valence-corrected chi connectivity index (χ4v) is 8.57. The summed E-state index contributed by atoms with van der Waals surface area (Å²) in [6, 6.07) is -2.81. The zero-order valence-electron chi connectivity index (χ0n) is 40.8. The highest BCUT2D eigenvalue weighted by molar-refractivity contribution is 7.99. The van der Waals surface area contributed by atoms with Crippen molar-refractivity contribution in [2.24, 2.45) is 29.0 Å². The van der Waals surface area contributed by atoms with Gasteiger partial charge in [-0.3, -0.25) is 52.7 Å². The third kappa shape index (κ3) is 18.9. The predicted octanol–water partition coefficient (Wildman–Crippen LogP) is -2.50. The monoisotopic (exact) mass is 988 g/mol.